The Morgan fingerprint density at radius 2 is 1.08 bits per heavy atom. The molecule has 1 unspecified atom stereocenters. The van der Waals surface area contributed by atoms with Crippen LogP contribution in [0, 0.1) is 0 Å². The number of carbonyl (C=O) groups is 2. The van der Waals surface area contributed by atoms with Crippen LogP contribution in [0.4, 0.5) is 0 Å². The molecule has 6 aromatic carbocycles. The largest absolute Gasteiger partial charge is 0.488 e. The topological polar surface area (TPSA) is 83.1 Å². The molecule has 0 aliphatic heterocycles. The summed E-state index contributed by atoms with van der Waals surface area (Å²) in [5.41, 5.74) is 6.18. The van der Waals surface area contributed by atoms with Gasteiger partial charge in [-0.3, -0.25) is 4.79 Å². The second kappa shape index (κ2) is 17.9. The van der Waals surface area contributed by atoms with Gasteiger partial charge < -0.3 is 24.3 Å². The Kier molecular flexibility index (Phi) is 12.4. The van der Waals surface area contributed by atoms with E-state index < -0.39 is 17.9 Å². The first-order chi connectivity index (χ1) is 25.4. The second-order valence-corrected chi connectivity index (χ2v) is 13.0. The van der Waals surface area contributed by atoms with Crippen LogP contribution in [-0.4, -0.2) is 25.0 Å². The molecule has 1 N–H and O–H groups in total. The first-order valence-corrected chi connectivity index (χ1v) is 17.7. The summed E-state index contributed by atoms with van der Waals surface area (Å²) in [5.74, 6) is 0.524. The van der Waals surface area contributed by atoms with Crippen LogP contribution in [0.5, 0.6) is 17.2 Å². The van der Waals surface area contributed by atoms with Crippen molar-refractivity contribution in [1.29, 1.82) is 0 Å². The van der Waals surface area contributed by atoms with Crippen molar-refractivity contribution in [3.63, 3.8) is 0 Å². The number of amides is 1. The predicted molar refractivity (Wildman–Crippen MR) is 205 cm³/mol. The van der Waals surface area contributed by atoms with E-state index in [1.165, 1.54) is 7.11 Å². The van der Waals surface area contributed by atoms with Crippen molar-refractivity contribution in [2.24, 2.45) is 0 Å². The molecule has 262 valence electrons. The fourth-order valence-corrected chi connectivity index (χ4v) is 5.94. The lowest BCUT2D eigenvalue weighted by Crippen LogP contribution is -2.43. The highest BCUT2D eigenvalue weighted by Crippen LogP contribution is 2.32. The number of carbonyl (C=O) groups excluding carboxylic acids is 2. The number of hydrogen-bond acceptors (Lipinski definition) is 6. The summed E-state index contributed by atoms with van der Waals surface area (Å²) in [5, 5.41) is 2.87. The smallest absolute Gasteiger partial charge is 0.328 e. The van der Waals surface area contributed by atoms with Crippen molar-refractivity contribution in [3.8, 4) is 28.4 Å². The maximum absolute atomic E-state index is 13.7. The average molecular weight is 757 g/mol. The molecule has 0 aliphatic carbocycles. The summed E-state index contributed by atoms with van der Waals surface area (Å²) in [6.07, 6.45) is 0.252. The van der Waals surface area contributed by atoms with Crippen LogP contribution in [0.2, 0.25) is 0 Å². The van der Waals surface area contributed by atoms with Crippen LogP contribution in [0.15, 0.2) is 156 Å². The quantitative estimate of drug-likeness (QED) is 0.105. The minimum atomic E-state index is -0.917. The Morgan fingerprint density at radius 1 is 0.558 bits per heavy atom. The SMILES string of the molecule is COC(=O)C(Cc1ccc(-c2ccccc2)cc1)NC(=O)c1cc(Br)ccc1OCc1ccc(OCc2ccccc2)c(OCc2ccccc2)c1. The summed E-state index contributed by atoms with van der Waals surface area (Å²) in [4.78, 5) is 26.6. The van der Waals surface area contributed by atoms with E-state index in [0.717, 1.165) is 33.4 Å². The molecule has 0 aliphatic rings. The summed E-state index contributed by atoms with van der Waals surface area (Å²) in [7, 11) is 1.31. The molecule has 52 heavy (non-hydrogen) atoms. The lowest BCUT2D eigenvalue weighted by atomic mass is 10.0. The molecule has 0 fully saturated rings. The van der Waals surface area contributed by atoms with E-state index in [1.807, 2.05) is 133 Å². The second-order valence-electron chi connectivity index (χ2n) is 12.1. The summed E-state index contributed by atoms with van der Waals surface area (Å²) in [6, 6.07) is 47.7. The van der Waals surface area contributed by atoms with E-state index in [4.69, 9.17) is 18.9 Å². The highest BCUT2D eigenvalue weighted by Gasteiger charge is 2.25. The van der Waals surface area contributed by atoms with Gasteiger partial charge in [0, 0.05) is 10.9 Å². The lowest BCUT2D eigenvalue weighted by molar-refractivity contribution is -0.142. The molecule has 0 saturated carbocycles. The Bertz CT molecular complexity index is 2070. The minimum absolute atomic E-state index is 0.150. The van der Waals surface area contributed by atoms with Crippen LogP contribution >= 0.6 is 15.9 Å². The van der Waals surface area contributed by atoms with E-state index in [0.29, 0.717) is 34.9 Å². The zero-order chi connectivity index (χ0) is 36.1. The zero-order valence-electron chi connectivity index (χ0n) is 28.7. The molecule has 0 spiro atoms. The van der Waals surface area contributed by atoms with Gasteiger partial charge >= 0.3 is 5.97 Å². The number of halogens is 1. The Balaban J connectivity index is 1.16. The average Bonchev–Trinajstić information content (AvgIpc) is 3.20. The molecule has 0 saturated heterocycles. The van der Waals surface area contributed by atoms with Gasteiger partial charge in [-0.15, -0.1) is 0 Å². The van der Waals surface area contributed by atoms with Crippen molar-refractivity contribution < 1.29 is 28.5 Å². The van der Waals surface area contributed by atoms with Crippen molar-refractivity contribution in [2.75, 3.05) is 7.11 Å². The number of esters is 1. The standard InChI is InChI=1S/C44H38BrNO6/c1-49-44(48)39(25-31-17-20-36(21-18-31)35-15-9-4-10-16-35)46-43(47)38-27-37(45)22-24-40(38)50-30-34-19-23-41(51-28-32-11-5-2-6-12-32)42(26-34)52-29-33-13-7-3-8-14-33/h2-24,26-27,39H,25,28-30H2,1H3,(H,46,47). The van der Waals surface area contributed by atoms with Gasteiger partial charge in [-0.2, -0.15) is 0 Å². The van der Waals surface area contributed by atoms with Crippen LogP contribution in [-0.2, 0) is 35.8 Å². The van der Waals surface area contributed by atoms with Crippen LogP contribution < -0.4 is 19.5 Å². The molecule has 0 aromatic heterocycles. The predicted octanol–water partition coefficient (Wildman–Crippen LogP) is 9.37. The monoisotopic (exact) mass is 755 g/mol. The van der Waals surface area contributed by atoms with Crippen LogP contribution in [0.3, 0.4) is 0 Å². The lowest BCUT2D eigenvalue weighted by Gasteiger charge is -2.19. The zero-order valence-corrected chi connectivity index (χ0v) is 30.3. The van der Waals surface area contributed by atoms with Crippen molar-refractivity contribution in [3.05, 3.63) is 184 Å². The van der Waals surface area contributed by atoms with E-state index in [-0.39, 0.29) is 18.6 Å². The first-order valence-electron chi connectivity index (χ1n) is 16.9. The number of ether oxygens (including phenoxy) is 4. The van der Waals surface area contributed by atoms with Gasteiger partial charge in [-0.25, -0.2) is 4.79 Å². The van der Waals surface area contributed by atoms with E-state index in [2.05, 4.69) is 21.2 Å². The van der Waals surface area contributed by atoms with E-state index in [9.17, 15) is 9.59 Å². The number of hydrogen-bond donors (Lipinski definition) is 1. The van der Waals surface area contributed by atoms with Gasteiger partial charge in [0.2, 0.25) is 0 Å². The maximum Gasteiger partial charge on any atom is 0.328 e. The molecule has 1 atom stereocenters. The maximum atomic E-state index is 13.7. The molecule has 6 rings (SSSR count). The number of benzene rings is 6. The third-order valence-corrected chi connectivity index (χ3v) is 8.85. The number of nitrogens with one attached hydrogen (secondary N) is 1. The van der Waals surface area contributed by atoms with Crippen LogP contribution in [0.1, 0.15) is 32.6 Å². The molecule has 0 bridgehead atoms. The van der Waals surface area contributed by atoms with Gasteiger partial charge in [0.05, 0.1) is 12.7 Å². The van der Waals surface area contributed by atoms with Crippen molar-refractivity contribution >= 4 is 27.8 Å². The van der Waals surface area contributed by atoms with Gasteiger partial charge in [-0.1, -0.05) is 137 Å². The molecule has 6 aromatic rings. The number of methoxy groups -OCH3 is 1. The molecule has 7 nitrogen and oxygen atoms in total. The van der Waals surface area contributed by atoms with Crippen molar-refractivity contribution in [2.45, 2.75) is 32.3 Å². The van der Waals surface area contributed by atoms with Gasteiger partial charge in [0.15, 0.2) is 11.5 Å². The molecule has 1 amide bonds. The molecular formula is C44H38BrNO6. The Hall–Kier alpha value is -5.86. The Morgan fingerprint density at radius 3 is 1.71 bits per heavy atom. The Labute approximate surface area is 312 Å². The molecule has 0 radical (unpaired) electrons. The fraction of sp³-hybridized carbons (Fsp3) is 0.136. The minimum Gasteiger partial charge on any atom is -0.488 e. The molecule has 0 heterocycles. The number of rotatable bonds is 15. The van der Waals surface area contributed by atoms with Gasteiger partial charge in [0.1, 0.15) is 31.6 Å². The third-order valence-electron chi connectivity index (χ3n) is 8.35. The third kappa shape index (κ3) is 9.89. The molecular weight excluding hydrogens is 718 g/mol. The summed E-state index contributed by atoms with van der Waals surface area (Å²) < 4.78 is 24.4. The highest BCUT2D eigenvalue weighted by molar-refractivity contribution is 9.10. The van der Waals surface area contributed by atoms with Crippen molar-refractivity contribution in [1.82, 2.24) is 5.32 Å². The van der Waals surface area contributed by atoms with E-state index in [1.54, 1.807) is 18.2 Å². The summed E-state index contributed by atoms with van der Waals surface area (Å²) in [6.45, 7) is 0.903. The normalized spacial score (nSPS) is 11.3. The van der Waals surface area contributed by atoms with Gasteiger partial charge in [0.25, 0.3) is 5.91 Å². The van der Waals surface area contributed by atoms with Gasteiger partial charge in [-0.05, 0) is 63.7 Å². The van der Waals surface area contributed by atoms with Crippen LogP contribution in [0.25, 0.3) is 11.1 Å². The fourth-order valence-electron chi connectivity index (χ4n) is 5.58. The van der Waals surface area contributed by atoms with E-state index >= 15 is 0 Å². The molecule has 8 heteroatoms. The highest BCUT2D eigenvalue weighted by atomic mass is 79.9. The summed E-state index contributed by atoms with van der Waals surface area (Å²) >= 11 is 3.48. The first kappa shape index (κ1) is 35.9.